The van der Waals surface area contributed by atoms with Crippen LogP contribution in [-0.4, -0.2) is 73.5 Å². The van der Waals surface area contributed by atoms with Crippen LogP contribution in [0.1, 0.15) is 42.5 Å². The molecule has 0 aromatic heterocycles. The van der Waals surface area contributed by atoms with Crippen molar-refractivity contribution < 1.29 is 19.5 Å². The molecule has 0 spiro atoms. The molecule has 0 radical (unpaired) electrons. The Hall–Kier alpha value is -3.80. The van der Waals surface area contributed by atoms with E-state index < -0.39 is 24.6 Å². The zero-order valence-corrected chi connectivity index (χ0v) is 22.3. The maximum absolute atomic E-state index is 12.9. The van der Waals surface area contributed by atoms with Crippen LogP contribution < -0.4 is 33.2 Å². The fourth-order valence-corrected chi connectivity index (χ4v) is 3.85. The number of amides is 2. The number of nitrogens with one attached hydrogen (secondary N) is 3. The lowest BCUT2D eigenvalue weighted by atomic mass is 10.0. The molecule has 0 aliphatic carbocycles. The first-order valence-corrected chi connectivity index (χ1v) is 13.2. The molecule has 39 heavy (non-hydrogen) atoms. The fourth-order valence-electron chi connectivity index (χ4n) is 3.85. The molecule has 2 amide bonds. The number of benzene rings is 2. The van der Waals surface area contributed by atoms with E-state index in [1.54, 1.807) is 12.1 Å². The molecule has 0 unspecified atom stereocenters. The molecule has 2 aromatic rings. The molecule has 0 aliphatic rings. The quantitative estimate of drug-likeness (QED) is 0.0606. The number of nitrogens with two attached hydrogens (primary N) is 3. The largest absolute Gasteiger partial charge is 0.394 e. The molecule has 0 heterocycles. The summed E-state index contributed by atoms with van der Waals surface area (Å²) in [7, 11) is 0. The number of rotatable bonds is 18. The monoisotopic (exact) mass is 539 g/mol. The van der Waals surface area contributed by atoms with Crippen LogP contribution in [0.2, 0.25) is 0 Å². The van der Waals surface area contributed by atoms with Crippen LogP contribution in [0.4, 0.5) is 0 Å². The van der Waals surface area contributed by atoms with Crippen LogP contribution >= 0.6 is 0 Å². The summed E-state index contributed by atoms with van der Waals surface area (Å²) in [6, 6.07) is 15.2. The van der Waals surface area contributed by atoms with Crippen LogP contribution in [0, 0.1) is 0 Å². The third-order valence-electron chi connectivity index (χ3n) is 6.08. The zero-order valence-electron chi connectivity index (χ0n) is 22.3. The molecule has 2 rings (SSSR count). The molecule has 10 N–H and O–H groups in total. The van der Waals surface area contributed by atoms with Gasteiger partial charge in [0.1, 0.15) is 12.1 Å². The Kier molecular flexibility index (Phi) is 14.2. The lowest BCUT2D eigenvalue weighted by Gasteiger charge is -2.22. The number of aliphatic hydroxyl groups excluding tert-OH is 1. The molecule has 0 fully saturated rings. The van der Waals surface area contributed by atoms with E-state index in [1.807, 2.05) is 42.5 Å². The highest BCUT2D eigenvalue weighted by Gasteiger charge is 2.25. The first kappa shape index (κ1) is 31.4. The van der Waals surface area contributed by atoms with E-state index in [2.05, 4.69) is 20.9 Å². The third-order valence-corrected chi connectivity index (χ3v) is 6.08. The molecular formula is C28H41N7O4. The van der Waals surface area contributed by atoms with E-state index in [9.17, 15) is 19.5 Å². The first-order chi connectivity index (χ1) is 18.8. The van der Waals surface area contributed by atoms with Crippen molar-refractivity contribution in [3.8, 4) is 11.1 Å². The minimum absolute atomic E-state index is 0.0245. The van der Waals surface area contributed by atoms with Crippen molar-refractivity contribution in [3.63, 3.8) is 0 Å². The number of Topliss-reactive ketones (excluding diaryl/α,β-unsaturated/α-hetero) is 1. The summed E-state index contributed by atoms with van der Waals surface area (Å²) in [5.74, 6) is -1.09. The number of nitrogens with zero attached hydrogens (tertiary/aromatic N) is 1. The molecule has 2 atom stereocenters. The molecule has 11 nitrogen and oxygen atoms in total. The van der Waals surface area contributed by atoms with Crippen LogP contribution in [0.25, 0.3) is 11.1 Å². The first-order valence-electron chi connectivity index (χ1n) is 13.2. The number of ketones is 1. The van der Waals surface area contributed by atoms with E-state index in [-0.39, 0.29) is 24.2 Å². The number of hydrogen-bond acceptors (Lipinski definition) is 7. The molecule has 212 valence electrons. The Bertz CT molecular complexity index is 1060. The second-order valence-electron chi connectivity index (χ2n) is 9.13. The van der Waals surface area contributed by atoms with Crippen LogP contribution in [0.3, 0.4) is 0 Å². The Morgan fingerprint density at radius 2 is 1.54 bits per heavy atom. The number of guanidine groups is 1. The average molecular weight is 540 g/mol. The van der Waals surface area contributed by atoms with E-state index in [1.165, 1.54) is 0 Å². The number of carbonyl (C=O) groups is 3. The predicted molar refractivity (Wildman–Crippen MR) is 153 cm³/mol. The summed E-state index contributed by atoms with van der Waals surface area (Å²) in [6.07, 6.45) is 3.11. The number of unbranched alkanes of at least 4 members (excludes halogenated alkanes) is 2. The molecule has 2 aromatic carbocycles. The van der Waals surface area contributed by atoms with E-state index >= 15 is 0 Å². The van der Waals surface area contributed by atoms with Gasteiger partial charge in [-0.1, -0.05) is 54.6 Å². The Morgan fingerprint density at radius 1 is 0.846 bits per heavy atom. The van der Waals surface area contributed by atoms with Gasteiger partial charge in [0.05, 0.1) is 13.2 Å². The molecule has 0 saturated heterocycles. The molecular weight excluding hydrogens is 498 g/mol. The number of aliphatic imine (C=N–C) groups is 1. The molecule has 11 heteroatoms. The third kappa shape index (κ3) is 11.6. The molecule has 0 aliphatic heterocycles. The van der Waals surface area contributed by atoms with Gasteiger partial charge >= 0.3 is 0 Å². The van der Waals surface area contributed by atoms with Gasteiger partial charge in [0, 0.05) is 18.7 Å². The summed E-state index contributed by atoms with van der Waals surface area (Å²) in [5, 5.41) is 18.1. The number of aliphatic hydroxyl groups is 1. The lowest BCUT2D eigenvalue weighted by molar-refractivity contribution is -0.130. The van der Waals surface area contributed by atoms with Crippen molar-refractivity contribution in [2.24, 2.45) is 22.2 Å². The second kappa shape index (κ2) is 17.7. The minimum atomic E-state index is -1.05. The smallest absolute Gasteiger partial charge is 0.242 e. The fraction of sp³-hybridized carbons (Fsp3) is 0.429. The standard InChI is InChI=1S/C28H41N7O4/c29-15-5-4-10-23(26(38)32-16-6-7-17-33-28(30)31)35-27(39)24(19-36)34-18-25(37)22-13-11-21(12-14-22)20-8-2-1-3-9-20/h1-3,8-9,11-14,23-24,34,36H,4-7,10,15-19,29H2,(H,32,38)(H,35,39)(H4,30,31,33)/t23-,24-/m0/s1. The van der Waals surface area contributed by atoms with Crippen LogP contribution in [0.5, 0.6) is 0 Å². The van der Waals surface area contributed by atoms with Gasteiger partial charge in [-0.25, -0.2) is 0 Å². The van der Waals surface area contributed by atoms with Gasteiger partial charge in [0.2, 0.25) is 11.8 Å². The predicted octanol–water partition coefficient (Wildman–Crippen LogP) is 0.270. The minimum Gasteiger partial charge on any atom is -0.394 e. The second-order valence-corrected chi connectivity index (χ2v) is 9.13. The number of hydrogen-bond donors (Lipinski definition) is 7. The highest BCUT2D eigenvalue weighted by atomic mass is 16.3. The maximum atomic E-state index is 12.9. The van der Waals surface area contributed by atoms with Gasteiger partial charge in [0.25, 0.3) is 0 Å². The van der Waals surface area contributed by atoms with Gasteiger partial charge in [-0.3, -0.25) is 24.7 Å². The van der Waals surface area contributed by atoms with Crippen molar-refractivity contribution in [1.29, 1.82) is 0 Å². The van der Waals surface area contributed by atoms with Gasteiger partial charge in [-0.2, -0.15) is 0 Å². The molecule has 0 saturated carbocycles. The Morgan fingerprint density at radius 3 is 2.18 bits per heavy atom. The van der Waals surface area contributed by atoms with Crippen molar-refractivity contribution in [3.05, 3.63) is 60.2 Å². The average Bonchev–Trinajstić information content (AvgIpc) is 2.95. The summed E-state index contributed by atoms with van der Waals surface area (Å²) in [6.45, 7) is 0.662. The Labute approximate surface area is 229 Å². The van der Waals surface area contributed by atoms with Crippen molar-refractivity contribution in [1.82, 2.24) is 16.0 Å². The van der Waals surface area contributed by atoms with Crippen molar-refractivity contribution in [2.75, 3.05) is 32.8 Å². The van der Waals surface area contributed by atoms with E-state index in [0.29, 0.717) is 57.3 Å². The molecule has 0 bridgehead atoms. The van der Waals surface area contributed by atoms with E-state index in [4.69, 9.17) is 17.2 Å². The lowest BCUT2D eigenvalue weighted by Crippen LogP contribution is -2.54. The summed E-state index contributed by atoms with van der Waals surface area (Å²) >= 11 is 0. The highest BCUT2D eigenvalue weighted by Crippen LogP contribution is 2.19. The van der Waals surface area contributed by atoms with Gasteiger partial charge in [-0.05, 0) is 49.8 Å². The normalized spacial score (nSPS) is 12.3. The topological polar surface area (TPSA) is 198 Å². The highest BCUT2D eigenvalue weighted by molar-refractivity contribution is 5.98. The SMILES string of the molecule is NCCCC[C@H](NC(=O)[C@H](CO)NCC(=O)c1ccc(-c2ccccc2)cc1)C(=O)NCCCCN=C(N)N. The van der Waals surface area contributed by atoms with Gasteiger partial charge in [0.15, 0.2) is 11.7 Å². The van der Waals surface area contributed by atoms with Gasteiger partial charge in [-0.15, -0.1) is 0 Å². The van der Waals surface area contributed by atoms with Gasteiger partial charge < -0.3 is 32.9 Å². The summed E-state index contributed by atoms with van der Waals surface area (Å²) < 4.78 is 0. The van der Waals surface area contributed by atoms with E-state index in [0.717, 1.165) is 11.1 Å². The van der Waals surface area contributed by atoms with Crippen molar-refractivity contribution in [2.45, 2.75) is 44.2 Å². The van der Waals surface area contributed by atoms with Crippen LogP contribution in [0.15, 0.2) is 59.6 Å². The van der Waals surface area contributed by atoms with Crippen molar-refractivity contribution >= 4 is 23.6 Å². The number of carbonyl (C=O) groups excluding carboxylic acids is 3. The summed E-state index contributed by atoms with van der Waals surface area (Å²) in [5.41, 5.74) is 18.7. The zero-order chi connectivity index (χ0) is 28.5. The van der Waals surface area contributed by atoms with Crippen LogP contribution in [-0.2, 0) is 9.59 Å². The summed E-state index contributed by atoms with van der Waals surface area (Å²) in [4.78, 5) is 42.2. The maximum Gasteiger partial charge on any atom is 0.242 e. The Balaban J connectivity index is 1.89.